The molecule has 0 spiro atoms. The van der Waals surface area contributed by atoms with E-state index < -0.39 is 23.9 Å². The Morgan fingerprint density at radius 2 is 2.06 bits per heavy atom. The zero-order valence-electron chi connectivity index (χ0n) is 16.8. The number of hydrogen-bond acceptors (Lipinski definition) is 5. The van der Waals surface area contributed by atoms with Crippen molar-refractivity contribution in [3.63, 3.8) is 0 Å². The standard InChI is InChI=1S/C21H16Cl2F2N6O/c1-10-20-28-19(21(32)30-8-6-11(24)9-30)29-31(20)14-5-4-12(22)16(23)15(14)18(27-10)17-13(25)3-2-7-26-17/h2-5,7,10-11H,6,8-9H2,1H3/t10-,11-/m0/s1. The monoisotopic (exact) mass is 476 g/mol. The Morgan fingerprint density at radius 3 is 2.78 bits per heavy atom. The van der Waals surface area contributed by atoms with E-state index in [0.29, 0.717) is 23.6 Å². The van der Waals surface area contributed by atoms with Crippen molar-refractivity contribution >= 4 is 34.8 Å². The number of likely N-dealkylation sites (tertiary alicyclic amines) is 1. The van der Waals surface area contributed by atoms with E-state index in [1.807, 2.05) is 0 Å². The van der Waals surface area contributed by atoms with E-state index in [0.717, 1.165) is 0 Å². The molecule has 0 saturated carbocycles. The number of amides is 1. The Kier molecular flexibility index (Phi) is 5.17. The molecule has 3 aromatic rings. The summed E-state index contributed by atoms with van der Waals surface area (Å²) in [6.45, 7) is 2.06. The molecule has 0 aliphatic carbocycles. The molecule has 11 heteroatoms. The van der Waals surface area contributed by atoms with E-state index in [1.54, 1.807) is 19.1 Å². The number of aromatic nitrogens is 4. The number of pyridine rings is 1. The average Bonchev–Trinajstić information content (AvgIpc) is 3.38. The fourth-order valence-corrected chi connectivity index (χ4v) is 4.31. The van der Waals surface area contributed by atoms with E-state index in [2.05, 4.69) is 20.1 Å². The van der Waals surface area contributed by atoms with Crippen LogP contribution in [0.4, 0.5) is 8.78 Å². The van der Waals surface area contributed by atoms with Crippen molar-refractivity contribution in [2.45, 2.75) is 25.6 Å². The molecule has 0 unspecified atom stereocenters. The smallest absolute Gasteiger partial charge is 0.293 e. The van der Waals surface area contributed by atoms with Gasteiger partial charge in [-0.1, -0.05) is 23.2 Å². The van der Waals surface area contributed by atoms with Gasteiger partial charge in [0.05, 0.1) is 28.0 Å². The van der Waals surface area contributed by atoms with Crippen molar-refractivity contribution in [3.8, 4) is 5.69 Å². The first kappa shape index (κ1) is 21.0. The summed E-state index contributed by atoms with van der Waals surface area (Å²) in [6, 6.07) is 5.37. The van der Waals surface area contributed by atoms with Crippen LogP contribution in [0.25, 0.3) is 5.69 Å². The third kappa shape index (κ3) is 3.36. The minimum atomic E-state index is -1.06. The predicted octanol–water partition coefficient (Wildman–Crippen LogP) is 4.20. The predicted molar refractivity (Wildman–Crippen MR) is 115 cm³/mol. The Bertz CT molecular complexity index is 1280. The Hall–Kier alpha value is -2.91. The number of hydrogen-bond donors (Lipinski definition) is 0. The van der Waals surface area contributed by atoms with Crippen LogP contribution in [0.5, 0.6) is 0 Å². The minimum Gasteiger partial charge on any atom is -0.333 e. The zero-order chi connectivity index (χ0) is 22.6. The maximum absolute atomic E-state index is 14.7. The minimum absolute atomic E-state index is 0.0114. The third-order valence-electron chi connectivity index (χ3n) is 5.46. The second-order valence-electron chi connectivity index (χ2n) is 7.59. The summed E-state index contributed by atoms with van der Waals surface area (Å²) in [5, 5.41) is 4.79. The maximum atomic E-state index is 14.7. The van der Waals surface area contributed by atoms with Crippen LogP contribution in [-0.4, -0.2) is 55.5 Å². The van der Waals surface area contributed by atoms with Crippen LogP contribution >= 0.6 is 23.2 Å². The molecular formula is C21H16Cl2F2N6O. The number of alkyl halides is 1. The van der Waals surface area contributed by atoms with Crippen molar-refractivity contribution in [1.82, 2.24) is 24.6 Å². The molecule has 2 aliphatic rings. The van der Waals surface area contributed by atoms with Gasteiger partial charge in [-0.25, -0.2) is 18.4 Å². The van der Waals surface area contributed by atoms with Crippen LogP contribution in [-0.2, 0) is 0 Å². The molecule has 1 amide bonds. The Morgan fingerprint density at radius 1 is 1.25 bits per heavy atom. The van der Waals surface area contributed by atoms with Crippen LogP contribution in [0.2, 0.25) is 10.0 Å². The summed E-state index contributed by atoms with van der Waals surface area (Å²) in [7, 11) is 0. The molecule has 164 valence electrons. The van der Waals surface area contributed by atoms with E-state index in [1.165, 1.54) is 27.9 Å². The molecule has 0 radical (unpaired) electrons. The highest BCUT2D eigenvalue weighted by molar-refractivity contribution is 6.45. The highest BCUT2D eigenvalue weighted by Crippen LogP contribution is 2.37. The van der Waals surface area contributed by atoms with Crippen molar-refractivity contribution < 1.29 is 13.6 Å². The number of halogens is 4. The first-order valence-corrected chi connectivity index (χ1v) is 10.7. The number of nitrogens with zero attached hydrogens (tertiary/aromatic N) is 6. The highest BCUT2D eigenvalue weighted by atomic mass is 35.5. The lowest BCUT2D eigenvalue weighted by Gasteiger charge is -2.14. The number of rotatable bonds is 2. The van der Waals surface area contributed by atoms with Gasteiger partial charge in [0.25, 0.3) is 5.91 Å². The molecule has 1 fully saturated rings. The van der Waals surface area contributed by atoms with Gasteiger partial charge >= 0.3 is 0 Å². The Balaban J connectivity index is 1.69. The van der Waals surface area contributed by atoms with Gasteiger partial charge in [-0.2, -0.15) is 0 Å². The van der Waals surface area contributed by atoms with Gasteiger partial charge in [0.2, 0.25) is 5.82 Å². The quantitative estimate of drug-likeness (QED) is 0.555. The van der Waals surface area contributed by atoms with Crippen molar-refractivity contribution in [2.75, 3.05) is 13.1 Å². The summed E-state index contributed by atoms with van der Waals surface area (Å²) in [5.74, 6) is -0.742. The molecular weight excluding hydrogens is 461 g/mol. The second-order valence-corrected chi connectivity index (χ2v) is 8.37. The topological polar surface area (TPSA) is 76.3 Å². The number of carbonyl (C=O) groups excluding carboxylic acids is 1. The summed E-state index contributed by atoms with van der Waals surface area (Å²) < 4.78 is 29.7. The summed E-state index contributed by atoms with van der Waals surface area (Å²) in [5.41, 5.74) is 0.978. The number of carbonyl (C=O) groups is 1. The van der Waals surface area contributed by atoms with E-state index in [-0.39, 0.29) is 40.2 Å². The van der Waals surface area contributed by atoms with Gasteiger partial charge in [0.1, 0.15) is 17.9 Å². The van der Waals surface area contributed by atoms with Crippen LogP contribution in [0.1, 0.15) is 47.1 Å². The van der Waals surface area contributed by atoms with Gasteiger partial charge in [0.15, 0.2) is 11.6 Å². The van der Waals surface area contributed by atoms with Gasteiger partial charge in [-0.3, -0.25) is 14.8 Å². The van der Waals surface area contributed by atoms with Gasteiger partial charge in [0, 0.05) is 18.3 Å². The SMILES string of the molecule is C[C@@H]1N=C(c2ncccc2F)c2c(ccc(Cl)c2Cl)-n2nc(C(=O)N3CC[C@H](F)C3)nc21. The normalized spacial score (nSPS) is 19.9. The summed E-state index contributed by atoms with van der Waals surface area (Å²) in [6.07, 6.45) is 0.687. The molecule has 1 saturated heterocycles. The van der Waals surface area contributed by atoms with E-state index >= 15 is 0 Å². The molecule has 5 rings (SSSR count). The Labute approximate surface area is 191 Å². The number of aliphatic imine (C=N–C) groups is 1. The molecule has 7 nitrogen and oxygen atoms in total. The van der Waals surface area contributed by atoms with Crippen LogP contribution in [0, 0.1) is 5.82 Å². The first-order valence-electron chi connectivity index (χ1n) is 9.93. The lowest BCUT2D eigenvalue weighted by Crippen LogP contribution is -2.30. The molecule has 4 heterocycles. The number of benzene rings is 1. The highest BCUT2D eigenvalue weighted by Gasteiger charge is 2.34. The summed E-state index contributed by atoms with van der Waals surface area (Å²) >= 11 is 12.8. The van der Waals surface area contributed by atoms with Crippen molar-refractivity contribution in [3.05, 3.63) is 69.2 Å². The summed E-state index contributed by atoms with van der Waals surface area (Å²) in [4.78, 5) is 27.4. The van der Waals surface area contributed by atoms with Gasteiger partial charge in [-0.05, 0) is 37.6 Å². The second kappa shape index (κ2) is 7.90. The molecule has 2 atom stereocenters. The molecule has 0 N–H and O–H groups in total. The van der Waals surface area contributed by atoms with Crippen LogP contribution < -0.4 is 0 Å². The first-order chi connectivity index (χ1) is 15.3. The molecule has 1 aromatic carbocycles. The van der Waals surface area contributed by atoms with Gasteiger partial charge in [-0.15, -0.1) is 5.10 Å². The molecule has 2 aliphatic heterocycles. The molecule has 0 bridgehead atoms. The fraction of sp³-hybridized carbons (Fsp3) is 0.286. The zero-order valence-corrected chi connectivity index (χ0v) is 18.3. The average molecular weight is 477 g/mol. The van der Waals surface area contributed by atoms with Crippen molar-refractivity contribution in [2.24, 2.45) is 4.99 Å². The van der Waals surface area contributed by atoms with E-state index in [9.17, 15) is 13.6 Å². The van der Waals surface area contributed by atoms with E-state index in [4.69, 9.17) is 23.2 Å². The lowest BCUT2D eigenvalue weighted by molar-refractivity contribution is 0.0770. The lowest BCUT2D eigenvalue weighted by atomic mass is 10.0. The maximum Gasteiger partial charge on any atom is 0.293 e. The molecule has 2 aromatic heterocycles. The van der Waals surface area contributed by atoms with Crippen molar-refractivity contribution in [1.29, 1.82) is 0 Å². The van der Waals surface area contributed by atoms with Crippen LogP contribution in [0.15, 0.2) is 35.5 Å². The van der Waals surface area contributed by atoms with Gasteiger partial charge < -0.3 is 4.90 Å². The third-order valence-corrected chi connectivity index (χ3v) is 6.26. The molecule has 32 heavy (non-hydrogen) atoms. The number of fused-ring (bicyclic) bond motifs is 3. The fourth-order valence-electron chi connectivity index (χ4n) is 3.90. The van der Waals surface area contributed by atoms with Crippen LogP contribution in [0.3, 0.4) is 0 Å². The largest absolute Gasteiger partial charge is 0.333 e.